The number of likely N-dealkylation sites (N-methyl/N-ethyl adjacent to an activating group) is 1. The minimum absolute atomic E-state index is 0.284. The van der Waals surface area contributed by atoms with Gasteiger partial charge in [-0.15, -0.1) is 11.3 Å². The molecule has 9 nitrogen and oxygen atoms in total. The van der Waals surface area contributed by atoms with Crippen molar-refractivity contribution in [1.29, 1.82) is 0 Å². The summed E-state index contributed by atoms with van der Waals surface area (Å²) >= 11 is 1.38. The first-order chi connectivity index (χ1) is 15.2. The number of nitrogens with one attached hydrogen (secondary N) is 1. The molecule has 8 unspecified atom stereocenters. The lowest BCUT2D eigenvalue weighted by atomic mass is 9.79. The largest absolute Gasteiger partial charge is 0.462 e. The normalized spacial score (nSPS) is 40.0. The molecule has 4 heterocycles. The van der Waals surface area contributed by atoms with Crippen molar-refractivity contribution in [2.24, 2.45) is 11.8 Å². The van der Waals surface area contributed by atoms with Crippen molar-refractivity contribution in [3.8, 4) is 0 Å². The Kier molecular flexibility index (Phi) is 5.06. The third-order valence-electron chi connectivity index (χ3n) is 6.87. The predicted octanol–water partition coefficient (Wildman–Crippen LogP) is 2.19. The molecule has 8 atom stereocenters. The van der Waals surface area contributed by atoms with Crippen molar-refractivity contribution in [2.45, 2.75) is 56.3 Å². The first-order valence-corrected chi connectivity index (χ1v) is 11.5. The van der Waals surface area contributed by atoms with Gasteiger partial charge in [-0.1, -0.05) is 6.92 Å². The highest BCUT2D eigenvalue weighted by molar-refractivity contribution is 7.14. The van der Waals surface area contributed by atoms with Crippen molar-refractivity contribution in [3.05, 3.63) is 29.2 Å². The second kappa shape index (κ2) is 7.57. The van der Waals surface area contributed by atoms with Gasteiger partial charge in [0.15, 0.2) is 6.10 Å². The van der Waals surface area contributed by atoms with Gasteiger partial charge in [0, 0.05) is 12.3 Å². The monoisotopic (exact) mass is 462 g/mol. The number of nitrogens with zero attached hydrogens (tertiary/aromatic N) is 1. The van der Waals surface area contributed by atoms with Gasteiger partial charge in [-0.25, -0.2) is 9.59 Å². The van der Waals surface area contributed by atoms with Gasteiger partial charge in [-0.2, -0.15) is 0 Å². The van der Waals surface area contributed by atoms with Crippen LogP contribution in [0.1, 0.15) is 20.3 Å². The first-order valence-electron chi connectivity index (χ1n) is 10.7. The number of rotatable bonds is 3. The van der Waals surface area contributed by atoms with Crippen LogP contribution < -0.4 is 5.32 Å². The fraction of sp³-hybridized carbons (Fsp3) is 0.591. The van der Waals surface area contributed by atoms with Gasteiger partial charge < -0.3 is 18.9 Å². The van der Waals surface area contributed by atoms with Crippen LogP contribution in [0.25, 0.3) is 0 Å². The zero-order chi connectivity index (χ0) is 22.8. The SMILES string of the molecule is CC1C(=O)OC2CC3(C)OC3C(OC(=O)Nc3cccs3)C(N(C)C)C3=CC(OC3=O)C21. The van der Waals surface area contributed by atoms with Gasteiger partial charge in [0.1, 0.15) is 18.3 Å². The number of carbonyl (C=O) groups is 3. The van der Waals surface area contributed by atoms with Crippen LogP contribution in [0, 0.1) is 11.8 Å². The van der Waals surface area contributed by atoms with E-state index < -0.39 is 54.0 Å². The average molecular weight is 463 g/mol. The molecule has 0 saturated carbocycles. The Morgan fingerprint density at radius 1 is 1.31 bits per heavy atom. The van der Waals surface area contributed by atoms with Crippen molar-refractivity contribution < 1.29 is 33.3 Å². The zero-order valence-corrected chi connectivity index (χ0v) is 19.1. The molecule has 1 amide bonds. The summed E-state index contributed by atoms with van der Waals surface area (Å²) in [6.07, 6.45) is -0.683. The van der Waals surface area contributed by atoms with Gasteiger partial charge in [-0.3, -0.25) is 15.0 Å². The van der Waals surface area contributed by atoms with Crippen LogP contribution in [0.4, 0.5) is 9.80 Å². The van der Waals surface area contributed by atoms with E-state index in [1.54, 1.807) is 19.1 Å². The Labute approximate surface area is 189 Å². The molecule has 32 heavy (non-hydrogen) atoms. The maximum atomic E-state index is 12.9. The van der Waals surface area contributed by atoms with E-state index >= 15 is 0 Å². The summed E-state index contributed by atoms with van der Waals surface area (Å²) in [5.41, 5.74) is -0.255. The minimum Gasteiger partial charge on any atom is -0.462 e. The number of ether oxygens (including phenoxy) is 4. The standard InChI is InChI=1S/C22H26N2O7S/c1-10-15-12-8-11(20(26)28-12)16(24(3)4)17(30-21(27)23-14-6-5-7-32-14)18-22(2,31-18)9-13(15)29-19(10)25/h5-8,10,12-13,15-18H,9H2,1-4H3,(H,23,27). The molecule has 1 aliphatic carbocycles. The van der Waals surface area contributed by atoms with E-state index in [0.717, 1.165) is 0 Å². The molecule has 172 valence electrons. The van der Waals surface area contributed by atoms with Gasteiger partial charge in [0.2, 0.25) is 0 Å². The molecule has 3 aliphatic heterocycles. The summed E-state index contributed by atoms with van der Waals surface area (Å²) in [6, 6.07) is 3.03. The lowest BCUT2D eigenvalue weighted by Crippen LogP contribution is -2.49. The second-order valence-corrected chi connectivity index (χ2v) is 10.2. The van der Waals surface area contributed by atoms with Crippen LogP contribution in [0.15, 0.2) is 29.2 Å². The number of fused-ring (bicyclic) bond motifs is 4. The Hall–Kier alpha value is -2.43. The van der Waals surface area contributed by atoms with Crippen LogP contribution in [0.3, 0.4) is 0 Å². The molecule has 4 aliphatic rings. The molecule has 2 saturated heterocycles. The van der Waals surface area contributed by atoms with Crippen LogP contribution in [0.2, 0.25) is 0 Å². The predicted molar refractivity (Wildman–Crippen MR) is 114 cm³/mol. The summed E-state index contributed by atoms with van der Waals surface area (Å²) in [5, 5.41) is 5.23. The van der Waals surface area contributed by atoms with Crippen molar-refractivity contribution in [1.82, 2.24) is 4.90 Å². The fourth-order valence-corrected chi connectivity index (χ4v) is 5.85. The highest BCUT2D eigenvalue weighted by Crippen LogP contribution is 2.51. The number of hydrogen-bond acceptors (Lipinski definition) is 9. The van der Waals surface area contributed by atoms with Gasteiger partial charge in [-0.05, 0) is 44.6 Å². The molecular formula is C22H26N2O7S. The van der Waals surface area contributed by atoms with E-state index in [-0.39, 0.29) is 11.9 Å². The van der Waals surface area contributed by atoms with Crippen LogP contribution in [0.5, 0.6) is 0 Å². The summed E-state index contributed by atoms with van der Waals surface area (Å²) < 4.78 is 23.3. The van der Waals surface area contributed by atoms with E-state index in [1.807, 2.05) is 37.4 Å². The summed E-state index contributed by atoms with van der Waals surface area (Å²) in [4.78, 5) is 39.8. The van der Waals surface area contributed by atoms with E-state index in [0.29, 0.717) is 17.0 Å². The quantitative estimate of drug-likeness (QED) is 0.414. The topological polar surface area (TPSA) is 107 Å². The highest BCUT2D eigenvalue weighted by Gasteiger charge is 2.65. The van der Waals surface area contributed by atoms with Crippen LogP contribution >= 0.6 is 11.3 Å². The van der Waals surface area contributed by atoms with Crippen molar-refractivity contribution in [3.63, 3.8) is 0 Å². The van der Waals surface area contributed by atoms with Crippen LogP contribution in [-0.4, -0.2) is 73.1 Å². The van der Waals surface area contributed by atoms with Gasteiger partial charge >= 0.3 is 18.0 Å². The molecule has 10 heteroatoms. The van der Waals surface area contributed by atoms with E-state index in [9.17, 15) is 14.4 Å². The van der Waals surface area contributed by atoms with E-state index in [2.05, 4.69) is 5.32 Å². The summed E-state index contributed by atoms with van der Waals surface area (Å²) in [5.74, 6) is -1.45. The Morgan fingerprint density at radius 2 is 2.09 bits per heavy atom. The third kappa shape index (κ3) is 3.50. The highest BCUT2D eigenvalue weighted by atomic mass is 32.1. The van der Waals surface area contributed by atoms with Gasteiger partial charge in [0.25, 0.3) is 0 Å². The maximum Gasteiger partial charge on any atom is 0.412 e. The number of hydrogen-bond donors (Lipinski definition) is 1. The number of thiophene rings is 1. The lowest BCUT2D eigenvalue weighted by Gasteiger charge is -2.32. The molecule has 1 N–H and O–H groups in total. The summed E-state index contributed by atoms with van der Waals surface area (Å²) in [7, 11) is 3.64. The Balaban J connectivity index is 1.50. The molecule has 0 aromatic carbocycles. The minimum atomic E-state index is -0.765. The Bertz CT molecular complexity index is 977. The smallest absolute Gasteiger partial charge is 0.412 e. The van der Waals surface area contributed by atoms with E-state index in [4.69, 9.17) is 18.9 Å². The molecule has 0 spiro atoms. The maximum absolute atomic E-state index is 12.9. The van der Waals surface area contributed by atoms with E-state index in [1.165, 1.54) is 11.3 Å². The molecule has 1 aromatic rings. The fourth-order valence-electron chi connectivity index (χ4n) is 5.25. The second-order valence-electron chi connectivity index (χ2n) is 9.27. The molecule has 0 radical (unpaired) electrons. The van der Waals surface area contributed by atoms with Crippen LogP contribution in [-0.2, 0) is 28.5 Å². The number of amides is 1. The number of anilines is 1. The Morgan fingerprint density at radius 3 is 2.78 bits per heavy atom. The summed E-state index contributed by atoms with van der Waals surface area (Å²) in [6.45, 7) is 3.72. The lowest BCUT2D eigenvalue weighted by molar-refractivity contribution is -0.144. The molecular weight excluding hydrogens is 436 g/mol. The van der Waals surface area contributed by atoms with Crippen molar-refractivity contribution in [2.75, 3.05) is 19.4 Å². The average Bonchev–Trinajstić information content (AvgIpc) is 3.05. The van der Waals surface area contributed by atoms with Crippen molar-refractivity contribution >= 4 is 34.4 Å². The number of epoxide rings is 1. The van der Waals surface area contributed by atoms with Gasteiger partial charge in [0.05, 0.1) is 28.1 Å². The first kappa shape index (κ1) is 21.4. The number of carbonyl (C=O) groups excluding carboxylic acids is 3. The number of esters is 2. The third-order valence-corrected chi connectivity index (χ3v) is 7.65. The molecule has 5 rings (SSSR count). The molecule has 1 aromatic heterocycles. The zero-order valence-electron chi connectivity index (χ0n) is 18.3. The molecule has 2 fully saturated rings. The molecule has 2 bridgehead atoms.